The van der Waals surface area contributed by atoms with Crippen LogP contribution in [0.1, 0.15) is 36.8 Å². The zero-order valence-corrected chi connectivity index (χ0v) is 13.8. The number of carbonyl (C=O) groups is 1. The summed E-state index contributed by atoms with van der Waals surface area (Å²) in [7, 11) is 0. The highest BCUT2D eigenvalue weighted by molar-refractivity contribution is 5.75. The second-order valence-corrected chi connectivity index (χ2v) is 6.15. The van der Waals surface area contributed by atoms with Crippen molar-refractivity contribution in [2.75, 3.05) is 26.2 Å². The van der Waals surface area contributed by atoms with E-state index in [4.69, 9.17) is 4.74 Å². The van der Waals surface area contributed by atoms with Gasteiger partial charge in [-0.05, 0) is 63.2 Å². The maximum atomic E-state index is 11.8. The fourth-order valence-corrected chi connectivity index (χ4v) is 2.96. The first-order valence-electron chi connectivity index (χ1n) is 8.33. The molecule has 2 N–H and O–H groups in total. The van der Waals surface area contributed by atoms with Gasteiger partial charge in [0.15, 0.2) is 0 Å². The standard InChI is InChI=1S/C18H28N2O2/c1-14-4-3-5-15(2)18(14)22-13-12-20-17(21)7-6-16-8-10-19-11-9-16/h3-5,16,19H,6-13H2,1-2H3,(H,20,21). The minimum atomic E-state index is 0.142. The molecular weight excluding hydrogens is 276 g/mol. The summed E-state index contributed by atoms with van der Waals surface area (Å²) in [5.41, 5.74) is 2.27. The minimum absolute atomic E-state index is 0.142. The summed E-state index contributed by atoms with van der Waals surface area (Å²) in [6.07, 6.45) is 4.03. The summed E-state index contributed by atoms with van der Waals surface area (Å²) < 4.78 is 5.79. The number of benzene rings is 1. The third kappa shape index (κ3) is 5.34. The molecule has 1 saturated heterocycles. The lowest BCUT2D eigenvalue weighted by Gasteiger charge is -2.22. The molecule has 1 fully saturated rings. The minimum Gasteiger partial charge on any atom is -0.491 e. The van der Waals surface area contributed by atoms with Gasteiger partial charge in [-0.25, -0.2) is 0 Å². The van der Waals surface area contributed by atoms with E-state index < -0.39 is 0 Å². The summed E-state index contributed by atoms with van der Waals surface area (Å²) in [6.45, 7) is 7.36. The quantitative estimate of drug-likeness (QED) is 0.761. The Morgan fingerprint density at radius 3 is 2.64 bits per heavy atom. The molecule has 0 saturated carbocycles. The monoisotopic (exact) mass is 304 g/mol. The molecule has 4 nitrogen and oxygen atoms in total. The Bertz CT molecular complexity index is 462. The smallest absolute Gasteiger partial charge is 0.220 e. The molecule has 0 atom stereocenters. The number of hydrogen-bond donors (Lipinski definition) is 2. The molecule has 2 rings (SSSR count). The van der Waals surface area contributed by atoms with E-state index in [1.165, 1.54) is 12.8 Å². The van der Waals surface area contributed by atoms with Crippen LogP contribution in [0.25, 0.3) is 0 Å². The highest BCUT2D eigenvalue weighted by Crippen LogP contribution is 2.22. The summed E-state index contributed by atoms with van der Waals surface area (Å²) in [5.74, 6) is 1.79. The fourth-order valence-electron chi connectivity index (χ4n) is 2.96. The third-order valence-electron chi connectivity index (χ3n) is 4.32. The largest absolute Gasteiger partial charge is 0.491 e. The van der Waals surface area contributed by atoms with E-state index in [0.717, 1.165) is 36.4 Å². The molecule has 22 heavy (non-hydrogen) atoms. The van der Waals surface area contributed by atoms with Crippen LogP contribution in [-0.4, -0.2) is 32.1 Å². The van der Waals surface area contributed by atoms with Gasteiger partial charge in [0.05, 0.1) is 6.54 Å². The van der Waals surface area contributed by atoms with E-state index >= 15 is 0 Å². The lowest BCUT2D eigenvalue weighted by Crippen LogP contribution is -2.31. The first kappa shape index (κ1) is 16.8. The molecule has 0 bridgehead atoms. The molecule has 0 unspecified atom stereocenters. The molecule has 122 valence electrons. The van der Waals surface area contributed by atoms with E-state index in [9.17, 15) is 4.79 Å². The number of piperidine rings is 1. The fraction of sp³-hybridized carbons (Fsp3) is 0.611. The van der Waals surface area contributed by atoms with Crippen LogP contribution in [0.4, 0.5) is 0 Å². The molecule has 0 radical (unpaired) electrons. The average Bonchev–Trinajstić information content (AvgIpc) is 2.53. The van der Waals surface area contributed by atoms with Crippen LogP contribution in [0.3, 0.4) is 0 Å². The lowest BCUT2D eigenvalue weighted by atomic mass is 9.93. The SMILES string of the molecule is Cc1cccc(C)c1OCCNC(=O)CCC1CCNCC1. The molecule has 0 aromatic heterocycles. The Morgan fingerprint density at radius 2 is 1.95 bits per heavy atom. The van der Waals surface area contributed by atoms with E-state index in [-0.39, 0.29) is 5.91 Å². The normalized spacial score (nSPS) is 15.5. The molecule has 1 amide bonds. The Balaban J connectivity index is 1.60. The third-order valence-corrected chi connectivity index (χ3v) is 4.32. The number of ether oxygens (including phenoxy) is 1. The number of amides is 1. The van der Waals surface area contributed by atoms with Crippen molar-refractivity contribution in [2.24, 2.45) is 5.92 Å². The second-order valence-electron chi connectivity index (χ2n) is 6.15. The summed E-state index contributed by atoms with van der Waals surface area (Å²) in [6, 6.07) is 6.11. The van der Waals surface area contributed by atoms with Crippen molar-refractivity contribution in [3.63, 3.8) is 0 Å². The Kier molecular flexibility index (Phi) is 6.72. The van der Waals surface area contributed by atoms with Crippen molar-refractivity contribution in [1.29, 1.82) is 0 Å². The zero-order valence-electron chi connectivity index (χ0n) is 13.8. The molecule has 1 aliphatic rings. The van der Waals surface area contributed by atoms with E-state index in [0.29, 0.717) is 25.5 Å². The topological polar surface area (TPSA) is 50.4 Å². The first-order chi connectivity index (χ1) is 10.7. The van der Waals surface area contributed by atoms with Gasteiger partial charge in [0.2, 0.25) is 5.91 Å². The predicted octanol–water partition coefficient (Wildman–Crippen LogP) is 2.58. The number of nitrogens with one attached hydrogen (secondary N) is 2. The van der Waals surface area contributed by atoms with Crippen LogP contribution in [0.5, 0.6) is 5.75 Å². The summed E-state index contributed by atoms with van der Waals surface area (Å²) >= 11 is 0. The number of hydrogen-bond acceptors (Lipinski definition) is 3. The van der Waals surface area contributed by atoms with Crippen LogP contribution in [0.2, 0.25) is 0 Å². The number of para-hydroxylation sites is 1. The predicted molar refractivity (Wildman–Crippen MR) is 89.2 cm³/mol. The van der Waals surface area contributed by atoms with Gasteiger partial charge >= 0.3 is 0 Å². The van der Waals surface area contributed by atoms with Crippen molar-refractivity contribution in [3.8, 4) is 5.75 Å². The summed E-state index contributed by atoms with van der Waals surface area (Å²) in [4.78, 5) is 11.8. The summed E-state index contributed by atoms with van der Waals surface area (Å²) in [5, 5.41) is 6.30. The average molecular weight is 304 g/mol. The van der Waals surface area contributed by atoms with Crippen molar-refractivity contribution in [1.82, 2.24) is 10.6 Å². The van der Waals surface area contributed by atoms with Gasteiger partial charge in [-0.15, -0.1) is 0 Å². The molecule has 0 aliphatic carbocycles. The maximum absolute atomic E-state index is 11.8. The van der Waals surface area contributed by atoms with Crippen molar-refractivity contribution < 1.29 is 9.53 Å². The molecule has 1 heterocycles. The van der Waals surface area contributed by atoms with Crippen LogP contribution >= 0.6 is 0 Å². The van der Waals surface area contributed by atoms with Gasteiger partial charge in [-0.3, -0.25) is 4.79 Å². The highest BCUT2D eigenvalue weighted by Gasteiger charge is 2.14. The van der Waals surface area contributed by atoms with Crippen molar-refractivity contribution in [2.45, 2.75) is 39.5 Å². The Labute approximate surface area is 133 Å². The zero-order chi connectivity index (χ0) is 15.8. The van der Waals surface area contributed by atoms with E-state index in [2.05, 4.69) is 10.6 Å². The molecule has 1 aliphatic heterocycles. The van der Waals surface area contributed by atoms with Gasteiger partial charge in [0.25, 0.3) is 0 Å². The first-order valence-corrected chi connectivity index (χ1v) is 8.33. The van der Waals surface area contributed by atoms with Gasteiger partial charge < -0.3 is 15.4 Å². The second kappa shape index (κ2) is 8.79. The molecular formula is C18H28N2O2. The van der Waals surface area contributed by atoms with Crippen molar-refractivity contribution in [3.05, 3.63) is 29.3 Å². The maximum Gasteiger partial charge on any atom is 0.220 e. The molecule has 1 aromatic carbocycles. The molecule has 4 heteroatoms. The van der Waals surface area contributed by atoms with Crippen LogP contribution in [0.15, 0.2) is 18.2 Å². The lowest BCUT2D eigenvalue weighted by molar-refractivity contribution is -0.121. The van der Waals surface area contributed by atoms with E-state index in [1.54, 1.807) is 0 Å². The van der Waals surface area contributed by atoms with Crippen LogP contribution in [0, 0.1) is 19.8 Å². The van der Waals surface area contributed by atoms with Crippen LogP contribution < -0.4 is 15.4 Å². The number of rotatable bonds is 7. The number of carbonyl (C=O) groups excluding carboxylic acids is 1. The Hall–Kier alpha value is -1.55. The Morgan fingerprint density at radius 1 is 1.27 bits per heavy atom. The van der Waals surface area contributed by atoms with Gasteiger partial charge in [-0.1, -0.05) is 18.2 Å². The highest BCUT2D eigenvalue weighted by atomic mass is 16.5. The van der Waals surface area contributed by atoms with Gasteiger partial charge in [0, 0.05) is 6.42 Å². The van der Waals surface area contributed by atoms with Gasteiger partial charge in [-0.2, -0.15) is 0 Å². The van der Waals surface area contributed by atoms with Crippen LogP contribution in [-0.2, 0) is 4.79 Å². The van der Waals surface area contributed by atoms with Crippen molar-refractivity contribution >= 4 is 5.91 Å². The van der Waals surface area contributed by atoms with Gasteiger partial charge in [0.1, 0.15) is 12.4 Å². The van der Waals surface area contributed by atoms with E-state index in [1.807, 2.05) is 32.0 Å². The molecule has 0 spiro atoms. The number of aryl methyl sites for hydroxylation is 2. The molecule has 1 aromatic rings.